The molecule has 0 radical (unpaired) electrons. The Bertz CT molecular complexity index is 446. The van der Waals surface area contributed by atoms with Gasteiger partial charge in [-0.05, 0) is 22.9 Å². The minimum atomic E-state index is -0.970. The fraction of sp³-hybridized carbons (Fsp3) is 0.500. The van der Waals surface area contributed by atoms with E-state index < -0.39 is 12.1 Å². The maximum Gasteiger partial charge on any atom is 0.308 e. The highest BCUT2D eigenvalue weighted by molar-refractivity contribution is 9.10. The van der Waals surface area contributed by atoms with Crippen molar-refractivity contribution in [3.05, 3.63) is 27.4 Å². The van der Waals surface area contributed by atoms with E-state index in [0.717, 1.165) is 0 Å². The predicted octanol–water partition coefficient (Wildman–Crippen LogP) is 0.320. The standard InChI is InChI=1S/C10H13BrN2O4/c1-2-17-9(15)3-7(14)5-13-6-12-4-8(11)10(13)16/h4,6-7,14H,2-3,5H2,1H3. The Labute approximate surface area is 106 Å². The second-order valence-corrected chi connectivity index (χ2v) is 4.22. The van der Waals surface area contributed by atoms with Crippen LogP contribution in [0.25, 0.3) is 0 Å². The van der Waals surface area contributed by atoms with E-state index in [1.807, 2.05) is 0 Å². The minimum absolute atomic E-state index is 0.00406. The second-order valence-electron chi connectivity index (χ2n) is 3.36. The number of hydrogen-bond acceptors (Lipinski definition) is 5. The van der Waals surface area contributed by atoms with Crippen molar-refractivity contribution in [1.29, 1.82) is 0 Å². The molecule has 1 aromatic rings. The van der Waals surface area contributed by atoms with E-state index in [4.69, 9.17) is 4.74 Å². The average Bonchev–Trinajstić information content (AvgIpc) is 2.25. The van der Waals surface area contributed by atoms with E-state index in [-0.39, 0.29) is 25.1 Å². The van der Waals surface area contributed by atoms with Crippen molar-refractivity contribution in [3.8, 4) is 0 Å². The summed E-state index contributed by atoms with van der Waals surface area (Å²) in [6.07, 6.45) is 1.56. The number of carbonyl (C=O) groups is 1. The monoisotopic (exact) mass is 304 g/mol. The lowest BCUT2D eigenvalue weighted by atomic mass is 10.2. The van der Waals surface area contributed by atoms with E-state index >= 15 is 0 Å². The highest BCUT2D eigenvalue weighted by Gasteiger charge is 2.13. The number of nitrogens with zero attached hydrogens (tertiary/aromatic N) is 2. The van der Waals surface area contributed by atoms with Crippen LogP contribution in [-0.4, -0.2) is 33.3 Å². The van der Waals surface area contributed by atoms with Crippen LogP contribution in [-0.2, 0) is 16.1 Å². The van der Waals surface area contributed by atoms with Gasteiger partial charge in [0.05, 0.1) is 32.0 Å². The normalized spacial score (nSPS) is 12.2. The summed E-state index contributed by atoms with van der Waals surface area (Å²) in [4.78, 5) is 26.5. The van der Waals surface area contributed by atoms with Crippen LogP contribution < -0.4 is 5.56 Å². The molecule has 0 aliphatic rings. The van der Waals surface area contributed by atoms with Gasteiger partial charge in [0.25, 0.3) is 5.56 Å². The van der Waals surface area contributed by atoms with Crippen LogP contribution >= 0.6 is 15.9 Å². The van der Waals surface area contributed by atoms with E-state index in [0.29, 0.717) is 4.47 Å². The van der Waals surface area contributed by atoms with Crippen molar-refractivity contribution < 1.29 is 14.6 Å². The Morgan fingerprint density at radius 3 is 3.06 bits per heavy atom. The maximum atomic E-state index is 11.6. The molecule has 1 rings (SSSR count). The van der Waals surface area contributed by atoms with Gasteiger partial charge < -0.3 is 9.84 Å². The first-order chi connectivity index (χ1) is 8.04. The van der Waals surface area contributed by atoms with Gasteiger partial charge in [0.15, 0.2) is 0 Å². The fourth-order valence-electron chi connectivity index (χ4n) is 1.26. The first-order valence-corrected chi connectivity index (χ1v) is 5.87. The summed E-state index contributed by atoms with van der Waals surface area (Å²) in [5.41, 5.74) is -0.303. The summed E-state index contributed by atoms with van der Waals surface area (Å²) in [6.45, 7) is 1.96. The number of rotatable bonds is 5. The smallest absolute Gasteiger partial charge is 0.308 e. The lowest BCUT2D eigenvalue weighted by Gasteiger charge is -2.11. The number of hydrogen-bond donors (Lipinski definition) is 1. The van der Waals surface area contributed by atoms with Gasteiger partial charge in [-0.15, -0.1) is 0 Å². The predicted molar refractivity (Wildman–Crippen MR) is 63.5 cm³/mol. The maximum absolute atomic E-state index is 11.6. The van der Waals surface area contributed by atoms with Gasteiger partial charge in [0.2, 0.25) is 0 Å². The quantitative estimate of drug-likeness (QED) is 0.792. The molecule has 1 N–H and O–H groups in total. The zero-order valence-corrected chi connectivity index (χ0v) is 10.9. The van der Waals surface area contributed by atoms with Crippen molar-refractivity contribution in [3.63, 3.8) is 0 Å². The Morgan fingerprint density at radius 2 is 2.41 bits per heavy atom. The van der Waals surface area contributed by atoms with Gasteiger partial charge in [-0.3, -0.25) is 14.2 Å². The number of carbonyl (C=O) groups excluding carboxylic acids is 1. The van der Waals surface area contributed by atoms with Crippen molar-refractivity contribution in [2.45, 2.75) is 26.0 Å². The first-order valence-electron chi connectivity index (χ1n) is 5.08. The van der Waals surface area contributed by atoms with E-state index in [2.05, 4.69) is 20.9 Å². The summed E-state index contributed by atoms with van der Waals surface area (Å²) >= 11 is 3.04. The molecule has 0 saturated heterocycles. The molecule has 0 saturated carbocycles. The van der Waals surface area contributed by atoms with Crippen LogP contribution in [0.2, 0.25) is 0 Å². The molecule has 17 heavy (non-hydrogen) atoms. The van der Waals surface area contributed by atoms with E-state index in [1.54, 1.807) is 6.92 Å². The van der Waals surface area contributed by atoms with Crippen LogP contribution in [0.3, 0.4) is 0 Å². The molecule has 0 spiro atoms. The van der Waals surface area contributed by atoms with Crippen LogP contribution in [0.5, 0.6) is 0 Å². The summed E-state index contributed by atoms with van der Waals surface area (Å²) in [5.74, 6) is -0.490. The molecular formula is C10H13BrN2O4. The number of aromatic nitrogens is 2. The summed E-state index contributed by atoms with van der Waals surface area (Å²) in [5, 5.41) is 9.61. The van der Waals surface area contributed by atoms with Gasteiger partial charge in [-0.2, -0.15) is 0 Å². The lowest BCUT2D eigenvalue weighted by molar-refractivity contribution is -0.145. The Kier molecular flexibility index (Phi) is 5.30. The molecule has 0 aliphatic carbocycles. The first kappa shape index (κ1) is 13.9. The van der Waals surface area contributed by atoms with Gasteiger partial charge >= 0.3 is 5.97 Å². The summed E-state index contributed by atoms with van der Waals surface area (Å²) < 4.78 is 6.23. The summed E-state index contributed by atoms with van der Waals surface area (Å²) in [6, 6.07) is 0. The van der Waals surface area contributed by atoms with Crippen LogP contribution in [0.4, 0.5) is 0 Å². The molecular weight excluding hydrogens is 292 g/mol. The molecule has 0 fully saturated rings. The third-order valence-electron chi connectivity index (χ3n) is 1.97. The Morgan fingerprint density at radius 1 is 1.71 bits per heavy atom. The van der Waals surface area contributed by atoms with Crippen molar-refractivity contribution in [2.75, 3.05) is 6.61 Å². The molecule has 0 aromatic carbocycles. The summed E-state index contributed by atoms with van der Waals surface area (Å²) in [7, 11) is 0. The highest BCUT2D eigenvalue weighted by Crippen LogP contribution is 2.01. The molecule has 0 aliphatic heterocycles. The molecule has 1 heterocycles. The van der Waals surface area contributed by atoms with Gasteiger partial charge in [0.1, 0.15) is 4.47 Å². The van der Waals surface area contributed by atoms with Crippen molar-refractivity contribution >= 4 is 21.9 Å². The Hall–Kier alpha value is -1.21. The SMILES string of the molecule is CCOC(=O)CC(O)Cn1cncc(Br)c1=O. The van der Waals surface area contributed by atoms with Gasteiger partial charge in [0, 0.05) is 6.20 Å². The van der Waals surface area contributed by atoms with Gasteiger partial charge in [-0.25, -0.2) is 4.98 Å². The molecule has 7 heteroatoms. The zero-order valence-electron chi connectivity index (χ0n) is 9.30. The molecule has 0 amide bonds. The molecule has 6 nitrogen and oxygen atoms in total. The Balaban J connectivity index is 2.62. The van der Waals surface area contributed by atoms with Crippen LogP contribution in [0, 0.1) is 0 Å². The number of ether oxygens (including phenoxy) is 1. The largest absolute Gasteiger partial charge is 0.466 e. The third kappa shape index (κ3) is 4.27. The number of esters is 1. The number of aliphatic hydroxyl groups is 1. The van der Waals surface area contributed by atoms with Crippen LogP contribution in [0.15, 0.2) is 21.8 Å². The zero-order chi connectivity index (χ0) is 12.8. The molecule has 1 atom stereocenters. The van der Waals surface area contributed by atoms with E-state index in [9.17, 15) is 14.7 Å². The molecule has 94 valence electrons. The molecule has 1 aromatic heterocycles. The number of aliphatic hydroxyl groups excluding tert-OH is 1. The average molecular weight is 305 g/mol. The van der Waals surface area contributed by atoms with Crippen molar-refractivity contribution in [2.24, 2.45) is 0 Å². The topological polar surface area (TPSA) is 81.4 Å². The lowest BCUT2D eigenvalue weighted by Crippen LogP contribution is -2.28. The van der Waals surface area contributed by atoms with Gasteiger partial charge in [-0.1, -0.05) is 0 Å². The molecule has 0 bridgehead atoms. The van der Waals surface area contributed by atoms with E-state index in [1.165, 1.54) is 17.1 Å². The molecule has 1 unspecified atom stereocenters. The minimum Gasteiger partial charge on any atom is -0.466 e. The second kappa shape index (κ2) is 6.51. The number of halogens is 1. The van der Waals surface area contributed by atoms with Crippen LogP contribution in [0.1, 0.15) is 13.3 Å². The fourth-order valence-corrected chi connectivity index (χ4v) is 1.60. The third-order valence-corrected chi connectivity index (χ3v) is 2.52. The highest BCUT2D eigenvalue weighted by atomic mass is 79.9. The van der Waals surface area contributed by atoms with Crippen molar-refractivity contribution in [1.82, 2.24) is 9.55 Å².